The number of amides is 1. The second-order valence-electron chi connectivity index (χ2n) is 7.93. The van der Waals surface area contributed by atoms with E-state index in [1.165, 1.54) is 30.3 Å². The zero-order chi connectivity index (χ0) is 23.4. The molecule has 0 aliphatic heterocycles. The summed E-state index contributed by atoms with van der Waals surface area (Å²) in [5, 5.41) is 20.8. The maximum atomic E-state index is 14.7. The van der Waals surface area contributed by atoms with Crippen molar-refractivity contribution in [2.45, 2.75) is 43.7 Å². The summed E-state index contributed by atoms with van der Waals surface area (Å²) in [5.74, 6) is -0.617. The minimum Gasteiger partial charge on any atom is -0.444 e. The fourth-order valence-corrected chi connectivity index (χ4v) is 3.65. The van der Waals surface area contributed by atoms with Crippen LogP contribution in [0.15, 0.2) is 41.3 Å². The lowest BCUT2D eigenvalue weighted by atomic mass is 9.99. The van der Waals surface area contributed by atoms with Gasteiger partial charge >= 0.3 is 6.09 Å². The van der Waals surface area contributed by atoms with Crippen LogP contribution in [0.4, 0.5) is 9.18 Å². The van der Waals surface area contributed by atoms with Gasteiger partial charge in [-0.15, -0.1) is 0 Å². The number of nitriles is 2. The van der Waals surface area contributed by atoms with Gasteiger partial charge in [-0.1, -0.05) is 18.2 Å². The van der Waals surface area contributed by atoms with Gasteiger partial charge in [-0.05, 0) is 55.7 Å². The van der Waals surface area contributed by atoms with Crippen molar-refractivity contribution in [2.75, 3.05) is 6.26 Å². The van der Waals surface area contributed by atoms with Crippen molar-refractivity contribution in [2.24, 2.45) is 0 Å². The van der Waals surface area contributed by atoms with E-state index in [1.807, 2.05) is 12.1 Å². The van der Waals surface area contributed by atoms with Crippen LogP contribution in [0.5, 0.6) is 0 Å². The summed E-state index contributed by atoms with van der Waals surface area (Å²) in [6.07, 6.45) is 0.141. The zero-order valence-electron chi connectivity index (χ0n) is 17.6. The van der Waals surface area contributed by atoms with Crippen molar-refractivity contribution in [1.82, 2.24) is 5.32 Å². The van der Waals surface area contributed by atoms with E-state index in [9.17, 15) is 22.9 Å². The van der Waals surface area contributed by atoms with Gasteiger partial charge in [0.1, 0.15) is 23.5 Å². The average molecular weight is 444 g/mol. The Bertz CT molecular complexity index is 1190. The molecule has 0 bridgehead atoms. The molecule has 0 aliphatic rings. The first-order valence-corrected chi connectivity index (χ1v) is 11.2. The second kappa shape index (κ2) is 9.15. The number of sulfone groups is 1. The monoisotopic (exact) mass is 443 g/mol. The predicted octanol–water partition coefficient (Wildman–Crippen LogP) is 3.73. The summed E-state index contributed by atoms with van der Waals surface area (Å²) < 4.78 is 43.7. The first-order chi connectivity index (χ1) is 14.3. The van der Waals surface area contributed by atoms with Crippen LogP contribution in [0.3, 0.4) is 0 Å². The van der Waals surface area contributed by atoms with E-state index < -0.39 is 33.4 Å². The lowest BCUT2D eigenvalue weighted by Gasteiger charge is -2.21. The molecular weight excluding hydrogens is 421 g/mol. The van der Waals surface area contributed by atoms with E-state index in [0.717, 1.165) is 6.26 Å². The highest BCUT2D eigenvalue weighted by Gasteiger charge is 2.21. The number of benzene rings is 2. The van der Waals surface area contributed by atoms with Gasteiger partial charge < -0.3 is 10.1 Å². The Balaban J connectivity index is 2.27. The Hall–Kier alpha value is -3.43. The maximum absolute atomic E-state index is 14.7. The number of ether oxygens (including phenoxy) is 1. The first kappa shape index (κ1) is 23.8. The van der Waals surface area contributed by atoms with E-state index in [-0.39, 0.29) is 22.4 Å². The number of rotatable bonds is 5. The number of nitrogens with zero attached hydrogens (tertiary/aromatic N) is 2. The van der Waals surface area contributed by atoms with Gasteiger partial charge in [0, 0.05) is 12.7 Å². The smallest absolute Gasteiger partial charge is 0.408 e. The third kappa shape index (κ3) is 6.53. The minimum atomic E-state index is -3.64. The zero-order valence-corrected chi connectivity index (χ0v) is 18.4. The minimum absolute atomic E-state index is 0.00780. The van der Waals surface area contributed by atoms with Crippen LogP contribution >= 0.6 is 0 Å². The third-order valence-electron chi connectivity index (χ3n) is 4.16. The number of nitrogens with one attached hydrogen (secondary N) is 1. The summed E-state index contributed by atoms with van der Waals surface area (Å²) in [6.45, 7) is 5.06. The Labute approximate surface area is 181 Å². The van der Waals surface area contributed by atoms with Gasteiger partial charge in [0.25, 0.3) is 0 Å². The van der Waals surface area contributed by atoms with Crippen LogP contribution in [0.25, 0.3) is 11.1 Å². The molecule has 0 spiro atoms. The van der Waals surface area contributed by atoms with Crippen molar-refractivity contribution in [1.29, 1.82) is 10.5 Å². The van der Waals surface area contributed by atoms with Crippen LogP contribution in [0.2, 0.25) is 0 Å². The van der Waals surface area contributed by atoms with Crippen molar-refractivity contribution in [3.63, 3.8) is 0 Å². The van der Waals surface area contributed by atoms with Crippen LogP contribution in [0.1, 0.15) is 31.9 Å². The molecule has 31 heavy (non-hydrogen) atoms. The molecule has 9 heteroatoms. The fraction of sp³-hybridized carbons (Fsp3) is 0.318. The van der Waals surface area contributed by atoms with E-state index in [2.05, 4.69) is 5.32 Å². The van der Waals surface area contributed by atoms with Crippen LogP contribution in [-0.4, -0.2) is 32.4 Å². The molecule has 1 amide bonds. The number of carbonyl (C=O) groups is 1. The van der Waals surface area contributed by atoms with Gasteiger partial charge in [0.15, 0.2) is 9.84 Å². The van der Waals surface area contributed by atoms with E-state index in [4.69, 9.17) is 10.00 Å². The van der Waals surface area contributed by atoms with Crippen LogP contribution in [0, 0.1) is 28.5 Å². The molecular formula is C22H22FN3O4S. The van der Waals surface area contributed by atoms with Gasteiger partial charge in [0.2, 0.25) is 0 Å². The summed E-state index contributed by atoms with van der Waals surface area (Å²) in [6, 6.07) is 11.2. The summed E-state index contributed by atoms with van der Waals surface area (Å²) in [4.78, 5) is 11.7. The normalized spacial score (nSPS) is 12.4. The standard InChI is InChI=1S/C22H22FN3O4S/c1-22(2,3)30-21(27)26-18(13-25)9-16-7-5-14(10-19(16)23)15-6-8-17(12-24)20(11-15)31(4,28)29/h5-8,10-11,18H,9H2,1-4H3,(H,26,27). The third-order valence-corrected chi connectivity index (χ3v) is 5.30. The topological polar surface area (TPSA) is 120 Å². The maximum Gasteiger partial charge on any atom is 0.408 e. The second-order valence-corrected chi connectivity index (χ2v) is 9.92. The highest BCUT2D eigenvalue weighted by atomic mass is 32.2. The van der Waals surface area contributed by atoms with Gasteiger partial charge in [-0.25, -0.2) is 17.6 Å². The number of hydrogen-bond acceptors (Lipinski definition) is 6. The van der Waals surface area contributed by atoms with Crippen molar-refractivity contribution >= 4 is 15.9 Å². The van der Waals surface area contributed by atoms with Crippen molar-refractivity contribution in [3.05, 3.63) is 53.3 Å². The summed E-state index contributed by atoms with van der Waals surface area (Å²) in [5.41, 5.74) is 0.303. The van der Waals surface area contributed by atoms with E-state index in [1.54, 1.807) is 26.8 Å². The SMILES string of the molecule is CC(C)(C)OC(=O)NC(C#N)Cc1ccc(-c2ccc(C#N)c(S(C)(=O)=O)c2)cc1F. The average Bonchev–Trinajstić information content (AvgIpc) is 2.66. The van der Waals surface area contributed by atoms with Gasteiger partial charge in [-0.2, -0.15) is 10.5 Å². The molecule has 1 N–H and O–H groups in total. The van der Waals surface area contributed by atoms with Gasteiger partial charge in [-0.3, -0.25) is 0 Å². The van der Waals surface area contributed by atoms with Crippen molar-refractivity contribution in [3.8, 4) is 23.3 Å². The molecule has 162 valence electrons. The molecule has 0 saturated carbocycles. The fourth-order valence-electron chi connectivity index (χ4n) is 2.79. The molecule has 2 rings (SSSR count). The molecule has 0 heterocycles. The molecule has 0 aromatic heterocycles. The Kier molecular flexibility index (Phi) is 7.04. The summed E-state index contributed by atoms with van der Waals surface area (Å²) in [7, 11) is -3.64. The molecule has 1 unspecified atom stereocenters. The number of alkyl carbamates (subject to hydrolysis) is 1. The molecule has 0 aliphatic carbocycles. The van der Waals surface area contributed by atoms with Crippen LogP contribution in [-0.2, 0) is 21.0 Å². The van der Waals surface area contributed by atoms with E-state index in [0.29, 0.717) is 11.1 Å². The Morgan fingerprint density at radius 3 is 2.29 bits per heavy atom. The molecule has 2 aromatic carbocycles. The lowest BCUT2D eigenvalue weighted by Crippen LogP contribution is -2.39. The molecule has 0 saturated heterocycles. The highest BCUT2D eigenvalue weighted by molar-refractivity contribution is 7.90. The van der Waals surface area contributed by atoms with Gasteiger partial charge in [0.05, 0.1) is 16.5 Å². The number of halogens is 1. The Morgan fingerprint density at radius 2 is 1.77 bits per heavy atom. The number of hydrogen-bond donors (Lipinski definition) is 1. The quantitative estimate of drug-likeness (QED) is 0.752. The van der Waals surface area contributed by atoms with Crippen molar-refractivity contribution < 1.29 is 22.3 Å². The molecule has 0 fully saturated rings. The first-order valence-electron chi connectivity index (χ1n) is 9.26. The Morgan fingerprint density at radius 1 is 1.16 bits per heavy atom. The van der Waals surface area contributed by atoms with Crippen LogP contribution < -0.4 is 5.32 Å². The lowest BCUT2D eigenvalue weighted by molar-refractivity contribution is 0.0515. The number of carbonyl (C=O) groups excluding carboxylic acids is 1. The molecule has 2 aromatic rings. The predicted molar refractivity (Wildman–Crippen MR) is 112 cm³/mol. The molecule has 7 nitrogen and oxygen atoms in total. The molecule has 0 radical (unpaired) electrons. The summed E-state index contributed by atoms with van der Waals surface area (Å²) >= 11 is 0. The van der Waals surface area contributed by atoms with E-state index >= 15 is 0 Å². The highest BCUT2D eigenvalue weighted by Crippen LogP contribution is 2.27. The largest absolute Gasteiger partial charge is 0.444 e. The molecule has 1 atom stereocenters.